The first-order chi connectivity index (χ1) is 9.84. The Labute approximate surface area is 120 Å². The molecular weight excluding hydrogens is 248 g/mol. The summed E-state index contributed by atoms with van der Waals surface area (Å²) in [6.45, 7) is 3.71. The zero-order valence-corrected chi connectivity index (χ0v) is 11.8. The van der Waals surface area contributed by atoms with Crippen molar-refractivity contribution < 1.29 is 4.74 Å². The molecule has 104 valence electrons. The molecule has 1 aliphatic heterocycles. The van der Waals surface area contributed by atoms with E-state index in [2.05, 4.69) is 41.5 Å². The molecule has 0 saturated heterocycles. The van der Waals surface area contributed by atoms with Crippen LogP contribution in [0.4, 0.5) is 0 Å². The van der Waals surface area contributed by atoms with Crippen LogP contribution in [-0.4, -0.2) is 11.6 Å². The lowest BCUT2D eigenvalue weighted by atomic mass is 10.00. The minimum Gasteiger partial charge on any atom is -0.493 e. The number of nitrogens with zero attached hydrogens (tertiary/aromatic N) is 1. The summed E-state index contributed by atoms with van der Waals surface area (Å²) in [5.74, 6) is 1.06. The summed E-state index contributed by atoms with van der Waals surface area (Å²) in [5, 5.41) is 3.62. The van der Waals surface area contributed by atoms with E-state index < -0.39 is 0 Å². The second-order valence-corrected chi connectivity index (χ2v) is 5.24. The van der Waals surface area contributed by atoms with Crippen LogP contribution in [0.15, 0.2) is 42.6 Å². The van der Waals surface area contributed by atoms with Crippen molar-refractivity contribution in [3.05, 3.63) is 59.4 Å². The molecule has 1 unspecified atom stereocenters. The van der Waals surface area contributed by atoms with Gasteiger partial charge < -0.3 is 10.1 Å². The summed E-state index contributed by atoms with van der Waals surface area (Å²) in [4.78, 5) is 4.37. The van der Waals surface area contributed by atoms with Gasteiger partial charge in [-0.2, -0.15) is 0 Å². The zero-order valence-electron chi connectivity index (χ0n) is 11.8. The van der Waals surface area contributed by atoms with Crippen LogP contribution >= 0.6 is 0 Å². The van der Waals surface area contributed by atoms with Gasteiger partial charge in [0, 0.05) is 24.3 Å². The van der Waals surface area contributed by atoms with Crippen LogP contribution < -0.4 is 10.1 Å². The Kier molecular flexibility index (Phi) is 3.97. The molecule has 2 heterocycles. The fraction of sp³-hybridized carbons (Fsp3) is 0.353. The Morgan fingerprint density at radius 1 is 1.25 bits per heavy atom. The smallest absolute Gasteiger partial charge is 0.126 e. The van der Waals surface area contributed by atoms with Crippen molar-refractivity contribution in [3.63, 3.8) is 0 Å². The zero-order chi connectivity index (χ0) is 13.8. The largest absolute Gasteiger partial charge is 0.493 e. The predicted octanol–water partition coefficient (Wildman–Crippen LogP) is 3.39. The molecule has 2 aromatic rings. The summed E-state index contributed by atoms with van der Waals surface area (Å²) >= 11 is 0. The van der Waals surface area contributed by atoms with Gasteiger partial charge in [0.15, 0.2) is 0 Å². The quantitative estimate of drug-likeness (QED) is 0.926. The van der Waals surface area contributed by atoms with Gasteiger partial charge in [0.25, 0.3) is 0 Å². The number of benzene rings is 1. The number of fused-ring (bicyclic) bond motifs is 1. The molecule has 0 fully saturated rings. The molecule has 1 atom stereocenters. The lowest BCUT2D eigenvalue weighted by molar-refractivity contribution is 0.313. The van der Waals surface area contributed by atoms with Gasteiger partial charge in [-0.1, -0.05) is 24.3 Å². The Morgan fingerprint density at radius 2 is 2.20 bits per heavy atom. The summed E-state index contributed by atoms with van der Waals surface area (Å²) < 4.78 is 5.91. The van der Waals surface area contributed by atoms with Gasteiger partial charge in [-0.3, -0.25) is 4.98 Å². The number of hydrogen-bond acceptors (Lipinski definition) is 3. The maximum Gasteiger partial charge on any atom is 0.126 e. The van der Waals surface area contributed by atoms with E-state index in [9.17, 15) is 0 Å². The van der Waals surface area contributed by atoms with Gasteiger partial charge in [-0.05, 0) is 37.5 Å². The molecular formula is C17H20N2O. The normalized spacial score (nSPS) is 17.9. The molecule has 0 spiro atoms. The van der Waals surface area contributed by atoms with Crippen LogP contribution in [0.2, 0.25) is 0 Å². The molecule has 0 bridgehead atoms. The Balaban J connectivity index is 1.78. The number of pyridine rings is 1. The second kappa shape index (κ2) is 6.06. The van der Waals surface area contributed by atoms with E-state index in [0.29, 0.717) is 6.04 Å². The maximum absolute atomic E-state index is 5.91. The number of nitrogens with one attached hydrogen (secondary N) is 1. The van der Waals surface area contributed by atoms with E-state index in [1.165, 1.54) is 11.1 Å². The molecule has 20 heavy (non-hydrogen) atoms. The molecule has 1 aliphatic rings. The summed E-state index contributed by atoms with van der Waals surface area (Å²) in [7, 11) is 0. The van der Waals surface area contributed by atoms with Gasteiger partial charge in [-0.25, -0.2) is 0 Å². The molecule has 0 aliphatic carbocycles. The number of para-hydroxylation sites is 1. The Hall–Kier alpha value is -1.87. The second-order valence-electron chi connectivity index (χ2n) is 5.24. The van der Waals surface area contributed by atoms with Crippen molar-refractivity contribution in [1.29, 1.82) is 0 Å². The summed E-state index contributed by atoms with van der Waals surface area (Å²) in [5.41, 5.74) is 3.57. The molecule has 0 radical (unpaired) electrons. The molecule has 0 saturated carbocycles. The fourth-order valence-corrected chi connectivity index (χ4v) is 2.71. The van der Waals surface area contributed by atoms with Crippen molar-refractivity contribution in [2.45, 2.75) is 32.4 Å². The lowest BCUT2D eigenvalue weighted by Gasteiger charge is -2.19. The van der Waals surface area contributed by atoms with Gasteiger partial charge in [0.1, 0.15) is 5.75 Å². The maximum atomic E-state index is 5.91. The lowest BCUT2D eigenvalue weighted by Crippen LogP contribution is -2.21. The highest BCUT2D eigenvalue weighted by Crippen LogP contribution is 2.34. The minimum absolute atomic E-state index is 0.342. The van der Waals surface area contributed by atoms with Crippen LogP contribution in [0, 0.1) is 6.92 Å². The third-order valence-corrected chi connectivity index (χ3v) is 3.76. The van der Waals surface area contributed by atoms with Crippen molar-refractivity contribution >= 4 is 0 Å². The highest BCUT2D eigenvalue weighted by molar-refractivity contribution is 5.43. The van der Waals surface area contributed by atoms with E-state index in [1.54, 1.807) is 0 Å². The van der Waals surface area contributed by atoms with Crippen molar-refractivity contribution in [1.82, 2.24) is 10.3 Å². The summed E-state index contributed by atoms with van der Waals surface area (Å²) in [6.07, 6.45) is 4.02. The summed E-state index contributed by atoms with van der Waals surface area (Å²) in [6, 6.07) is 12.8. The molecule has 3 nitrogen and oxygen atoms in total. The number of rotatable bonds is 3. The first kappa shape index (κ1) is 13.1. The van der Waals surface area contributed by atoms with Crippen molar-refractivity contribution in [3.8, 4) is 5.75 Å². The highest BCUT2D eigenvalue weighted by atomic mass is 16.5. The van der Waals surface area contributed by atoms with Crippen LogP contribution in [-0.2, 0) is 6.54 Å². The average Bonchev–Trinajstić information content (AvgIpc) is 2.70. The number of aryl methyl sites for hydroxylation is 1. The fourth-order valence-electron chi connectivity index (χ4n) is 2.71. The van der Waals surface area contributed by atoms with Crippen LogP contribution in [0.1, 0.15) is 35.7 Å². The topological polar surface area (TPSA) is 34.1 Å². The van der Waals surface area contributed by atoms with E-state index in [-0.39, 0.29) is 0 Å². The first-order valence-electron chi connectivity index (χ1n) is 7.20. The van der Waals surface area contributed by atoms with Crippen LogP contribution in [0.3, 0.4) is 0 Å². The molecule has 3 heteroatoms. The van der Waals surface area contributed by atoms with Crippen LogP contribution in [0.5, 0.6) is 5.75 Å². The number of aromatic nitrogens is 1. The third-order valence-electron chi connectivity index (χ3n) is 3.76. The van der Waals surface area contributed by atoms with Crippen molar-refractivity contribution in [2.75, 3.05) is 6.61 Å². The van der Waals surface area contributed by atoms with E-state index in [0.717, 1.165) is 37.4 Å². The SMILES string of the molecule is Cc1cccc2c1OCCCC2NCc1ccccn1. The van der Waals surface area contributed by atoms with E-state index >= 15 is 0 Å². The van der Waals surface area contributed by atoms with Crippen LogP contribution in [0.25, 0.3) is 0 Å². The third kappa shape index (κ3) is 2.83. The Bertz CT molecular complexity index is 568. The molecule has 1 aromatic carbocycles. The van der Waals surface area contributed by atoms with Gasteiger partial charge >= 0.3 is 0 Å². The molecule has 0 amide bonds. The van der Waals surface area contributed by atoms with Gasteiger partial charge in [0.05, 0.1) is 12.3 Å². The molecule has 1 N–H and O–H groups in total. The average molecular weight is 268 g/mol. The van der Waals surface area contributed by atoms with Gasteiger partial charge in [0.2, 0.25) is 0 Å². The number of ether oxygens (including phenoxy) is 1. The van der Waals surface area contributed by atoms with Gasteiger partial charge in [-0.15, -0.1) is 0 Å². The Morgan fingerprint density at radius 3 is 3.05 bits per heavy atom. The molecule has 3 rings (SSSR count). The van der Waals surface area contributed by atoms with E-state index in [1.807, 2.05) is 18.3 Å². The monoisotopic (exact) mass is 268 g/mol. The highest BCUT2D eigenvalue weighted by Gasteiger charge is 2.20. The standard InChI is InChI=1S/C17H20N2O/c1-13-6-4-8-15-16(9-5-11-20-17(13)15)19-12-14-7-2-3-10-18-14/h2-4,6-8,10,16,19H,5,9,11-12H2,1H3. The predicted molar refractivity (Wildman–Crippen MR) is 79.7 cm³/mol. The minimum atomic E-state index is 0.342. The van der Waals surface area contributed by atoms with E-state index in [4.69, 9.17) is 4.74 Å². The molecule has 1 aromatic heterocycles. The van der Waals surface area contributed by atoms with Crippen molar-refractivity contribution in [2.24, 2.45) is 0 Å². The first-order valence-corrected chi connectivity index (χ1v) is 7.20. The number of hydrogen-bond donors (Lipinski definition) is 1.